The highest BCUT2D eigenvalue weighted by molar-refractivity contribution is 7.89. The van der Waals surface area contributed by atoms with Crippen molar-refractivity contribution < 1.29 is 22.6 Å². The van der Waals surface area contributed by atoms with E-state index in [4.69, 9.17) is 14.2 Å². The summed E-state index contributed by atoms with van der Waals surface area (Å²) in [5.41, 5.74) is 0. The molecule has 0 N–H and O–H groups in total. The van der Waals surface area contributed by atoms with Crippen LogP contribution in [0.25, 0.3) is 0 Å². The lowest BCUT2D eigenvalue weighted by atomic mass is 10.0. The second kappa shape index (κ2) is 8.18. The van der Waals surface area contributed by atoms with Gasteiger partial charge in [-0.25, -0.2) is 8.42 Å². The SMILES string of the molecule is COc1ccc(OC)c(S(=O)(=O)N2CC(N(CC3CC3)C3CCOCC3)C2)c1. The van der Waals surface area contributed by atoms with E-state index in [1.54, 1.807) is 22.5 Å². The third-order valence-corrected chi connectivity index (χ3v) is 7.97. The van der Waals surface area contributed by atoms with Crippen LogP contribution in [0.2, 0.25) is 0 Å². The number of hydrogen-bond acceptors (Lipinski definition) is 6. The molecule has 2 heterocycles. The smallest absolute Gasteiger partial charge is 0.247 e. The maximum Gasteiger partial charge on any atom is 0.247 e. The molecular formula is C20H30N2O5S. The quantitative estimate of drug-likeness (QED) is 0.653. The first-order valence-electron chi connectivity index (χ1n) is 10.1. The largest absolute Gasteiger partial charge is 0.497 e. The average Bonchev–Trinajstić information content (AvgIpc) is 3.50. The van der Waals surface area contributed by atoms with Crippen LogP contribution in [0.1, 0.15) is 25.7 Å². The highest BCUT2D eigenvalue weighted by Crippen LogP contribution is 2.36. The van der Waals surface area contributed by atoms with Gasteiger partial charge >= 0.3 is 0 Å². The first-order chi connectivity index (χ1) is 13.5. The Bertz CT molecular complexity index is 784. The van der Waals surface area contributed by atoms with Crippen LogP contribution in [0.15, 0.2) is 23.1 Å². The summed E-state index contributed by atoms with van der Waals surface area (Å²) in [7, 11) is -0.593. The van der Waals surface area contributed by atoms with Crippen LogP contribution < -0.4 is 9.47 Å². The van der Waals surface area contributed by atoms with Gasteiger partial charge in [-0.15, -0.1) is 0 Å². The summed E-state index contributed by atoms with van der Waals surface area (Å²) in [6.07, 6.45) is 4.68. The summed E-state index contributed by atoms with van der Waals surface area (Å²) in [6, 6.07) is 5.69. The van der Waals surface area contributed by atoms with Gasteiger partial charge in [-0.3, -0.25) is 4.90 Å². The van der Waals surface area contributed by atoms with Crippen LogP contribution >= 0.6 is 0 Å². The summed E-state index contributed by atoms with van der Waals surface area (Å²) < 4.78 is 44.0. The van der Waals surface area contributed by atoms with Crippen molar-refractivity contribution in [3.8, 4) is 11.5 Å². The normalized spacial score (nSPS) is 22.2. The van der Waals surface area contributed by atoms with Crippen molar-refractivity contribution in [3.63, 3.8) is 0 Å². The molecule has 3 fully saturated rings. The van der Waals surface area contributed by atoms with Crippen molar-refractivity contribution in [2.75, 3.05) is 47.1 Å². The molecule has 0 amide bonds. The van der Waals surface area contributed by atoms with Crippen LogP contribution in [-0.4, -0.2) is 76.8 Å². The first kappa shape index (κ1) is 19.9. The maximum atomic E-state index is 13.2. The first-order valence-corrected chi connectivity index (χ1v) is 11.5. The molecule has 0 spiro atoms. The fraction of sp³-hybridized carbons (Fsp3) is 0.700. The molecular weight excluding hydrogens is 380 g/mol. The number of ether oxygens (including phenoxy) is 3. The average molecular weight is 411 g/mol. The Kier molecular flexibility index (Phi) is 5.83. The van der Waals surface area contributed by atoms with E-state index in [0.29, 0.717) is 30.6 Å². The number of benzene rings is 1. The molecule has 28 heavy (non-hydrogen) atoms. The van der Waals surface area contributed by atoms with Gasteiger partial charge in [0, 0.05) is 51.0 Å². The number of rotatable bonds is 8. The van der Waals surface area contributed by atoms with E-state index in [1.807, 2.05) is 0 Å². The second-order valence-corrected chi connectivity index (χ2v) is 9.88. The fourth-order valence-corrected chi connectivity index (χ4v) is 5.84. The molecule has 3 aliphatic rings. The molecule has 0 unspecified atom stereocenters. The molecule has 7 nitrogen and oxygen atoms in total. The third kappa shape index (κ3) is 4.01. The summed E-state index contributed by atoms with van der Waals surface area (Å²) in [5.74, 6) is 1.64. The predicted octanol–water partition coefficient (Wildman–Crippen LogP) is 1.97. The van der Waals surface area contributed by atoms with Crippen molar-refractivity contribution >= 4 is 10.0 Å². The Morgan fingerprint density at radius 3 is 2.39 bits per heavy atom. The van der Waals surface area contributed by atoms with E-state index < -0.39 is 10.0 Å². The molecule has 0 radical (unpaired) electrons. The third-order valence-electron chi connectivity index (χ3n) is 6.11. The Hall–Kier alpha value is -1.35. The summed E-state index contributed by atoms with van der Waals surface area (Å²) in [4.78, 5) is 2.74. The molecule has 8 heteroatoms. The molecule has 1 saturated carbocycles. The lowest BCUT2D eigenvalue weighted by molar-refractivity contribution is -0.0127. The van der Waals surface area contributed by atoms with Crippen LogP contribution in [0, 0.1) is 5.92 Å². The van der Waals surface area contributed by atoms with E-state index >= 15 is 0 Å². The fourth-order valence-electron chi connectivity index (χ4n) is 4.16. The number of methoxy groups -OCH3 is 2. The number of sulfonamides is 1. The Morgan fingerprint density at radius 1 is 1.07 bits per heavy atom. The van der Waals surface area contributed by atoms with Gasteiger partial charge in [0.15, 0.2) is 0 Å². The molecule has 156 valence electrons. The number of nitrogens with zero attached hydrogens (tertiary/aromatic N) is 2. The monoisotopic (exact) mass is 410 g/mol. The van der Waals surface area contributed by atoms with Gasteiger partial charge in [-0.05, 0) is 43.7 Å². The van der Waals surface area contributed by atoms with E-state index in [1.165, 1.54) is 27.1 Å². The van der Waals surface area contributed by atoms with E-state index in [9.17, 15) is 8.42 Å². The van der Waals surface area contributed by atoms with Gasteiger partial charge in [-0.2, -0.15) is 4.31 Å². The molecule has 0 bridgehead atoms. The zero-order valence-electron chi connectivity index (χ0n) is 16.7. The highest BCUT2D eigenvalue weighted by Gasteiger charge is 2.44. The minimum absolute atomic E-state index is 0.174. The van der Waals surface area contributed by atoms with Crippen molar-refractivity contribution in [1.29, 1.82) is 0 Å². The lowest BCUT2D eigenvalue weighted by Gasteiger charge is -2.48. The molecule has 0 aromatic heterocycles. The van der Waals surface area contributed by atoms with Gasteiger partial charge in [0.2, 0.25) is 10.0 Å². The van der Waals surface area contributed by atoms with Crippen molar-refractivity contribution in [2.45, 2.75) is 42.7 Å². The highest BCUT2D eigenvalue weighted by atomic mass is 32.2. The Morgan fingerprint density at radius 2 is 1.79 bits per heavy atom. The standard InChI is InChI=1S/C20H30N2O5S/c1-25-18-5-6-19(26-2)20(11-18)28(23,24)21-13-17(14-21)22(12-15-3-4-15)16-7-9-27-10-8-16/h5-6,11,15-17H,3-4,7-10,12-14H2,1-2H3. The second-order valence-electron chi connectivity index (χ2n) is 7.98. The minimum Gasteiger partial charge on any atom is -0.497 e. The van der Waals surface area contributed by atoms with Crippen LogP contribution in [0.5, 0.6) is 11.5 Å². The van der Waals surface area contributed by atoms with E-state index in [0.717, 1.165) is 38.5 Å². The van der Waals surface area contributed by atoms with Gasteiger partial charge in [-0.1, -0.05) is 0 Å². The van der Waals surface area contributed by atoms with Gasteiger partial charge in [0.1, 0.15) is 16.4 Å². The molecule has 2 aliphatic heterocycles. The zero-order chi connectivity index (χ0) is 19.7. The predicted molar refractivity (Wildman–Crippen MR) is 105 cm³/mol. The van der Waals surface area contributed by atoms with Gasteiger partial charge in [0.05, 0.1) is 14.2 Å². The molecule has 1 aliphatic carbocycles. The van der Waals surface area contributed by atoms with Crippen molar-refractivity contribution in [3.05, 3.63) is 18.2 Å². The molecule has 2 saturated heterocycles. The van der Waals surface area contributed by atoms with Crippen molar-refractivity contribution in [1.82, 2.24) is 9.21 Å². The lowest BCUT2D eigenvalue weighted by Crippen LogP contribution is -2.63. The van der Waals surface area contributed by atoms with Crippen LogP contribution in [0.3, 0.4) is 0 Å². The zero-order valence-corrected chi connectivity index (χ0v) is 17.5. The summed E-state index contributed by atoms with van der Waals surface area (Å²) in [5, 5.41) is 0. The molecule has 0 atom stereocenters. The van der Waals surface area contributed by atoms with Crippen LogP contribution in [-0.2, 0) is 14.8 Å². The molecule has 4 rings (SSSR count). The van der Waals surface area contributed by atoms with Crippen LogP contribution in [0.4, 0.5) is 0 Å². The summed E-state index contributed by atoms with van der Waals surface area (Å²) >= 11 is 0. The van der Waals surface area contributed by atoms with Gasteiger partial charge in [0.25, 0.3) is 0 Å². The van der Waals surface area contributed by atoms with E-state index in [2.05, 4.69) is 4.90 Å². The molecule has 1 aromatic carbocycles. The maximum absolute atomic E-state index is 13.2. The van der Waals surface area contributed by atoms with Crippen molar-refractivity contribution in [2.24, 2.45) is 5.92 Å². The number of hydrogen-bond donors (Lipinski definition) is 0. The molecule has 1 aromatic rings. The topological polar surface area (TPSA) is 68.3 Å². The summed E-state index contributed by atoms with van der Waals surface area (Å²) in [6.45, 7) is 3.77. The van der Waals surface area contributed by atoms with Gasteiger partial charge < -0.3 is 14.2 Å². The minimum atomic E-state index is -3.61. The Labute approximate surface area is 167 Å². The van der Waals surface area contributed by atoms with E-state index in [-0.39, 0.29) is 10.9 Å². The Balaban J connectivity index is 1.48.